The van der Waals surface area contributed by atoms with Crippen LogP contribution in [0.5, 0.6) is 17.2 Å². The Morgan fingerprint density at radius 1 is 1.20 bits per heavy atom. The van der Waals surface area contributed by atoms with Crippen molar-refractivity contribution in [1.29, 1.82) is 0 Å². The molecule has 0 saturated heterocycles. The molecular weight excluding hydrogens is 286 g/mol. The topological polar surface area (TPSA) is 109 Å². The lowest BCUT2D eigenvalue weighted by Crippen LogP contribution is -2.08. The highest BCUT2D eigenvalue weighted by atomic mass is 32.2. The van der Waals surface area contributed by atoms with E-state index in [1.807, 2.05) is 4.72 Å². The average Bonchev–Trinajstić information content (AvgIpc) is 2.65. The summed E-state index contributed by atoms with van der Waals surface area (Å²) >= 11 is 0. The average molecular weight is 299 g/mol. The molecule has 8 heteroatoms. The first-order chi connectivity index (χ1) is 9.33. The largest absolute Gasteiger partial charge is 0.502 e. The Morgan fingerprint density at radius 3 is 2.45 bits per heavy atom. The van der Waals surface area contributed by atoms with Crippen molar-refractivity contribution in [1.82, 2.24) is 0 Å². The van der Waals surface area contributed by atoms with Crippen LogP contribution >= 0.6 is 0 Å². The highest BCUT2D eigenvalue weighted by molar-refractivity contribution is 7.92. The normalized spacial score (nSPS) is 11.3. The van der Waals surface area contributed by atoms with E-state index in [9.17, 15) is 18.6 Å². The first kappa shape index (κ1) is 14.1. The number of aromatic hydroxyl groups is 2. The van der Waals surface area contributed by atoms with Gasteiger partial charge in [0.25, 0.3) is 5.88 Å². The summed E-state index contributed by atoms with van der Waals surface area (Å²) in [7, 11) is -2.21. The van der Waals surface area contributed by atoms with Gasteiger partial charge in [0.05, 0.1) is 18.9 Å². The maximum atomic E-state index is 11.1. The molecule has 0 atom stereocenters. The molecule has 20 heavy (non-hydrogen) atoms. The van der Waals surface area contributed by atoms with Crippen molar-refractivity contribution < 1.29 is 27.8 Å². The Morgan fingerprint density at radius 2 is 1.85 bits per heavy atom. The summed E-state index contributed by atoms with van der Waals surface area (Å²) in [4.78, 5) is 0. The van der Waals surface area contributed by atoms with E-state index in [-0.39, 0.29) is 5.76 Å². The van der Waals surface area contributed by atoms with Gasteiger partial charge in [-0.1, -0.05) is 12.1 Å². The smallest absolute Gasteiger partial charge is 0.253 e. The molecule has 0 fully saturated rings. The number of sulfonamides is 1. The van der Waals surface area contributed by atoms with Gasteiger partial charge in [-0.3, -0.25) is 4.72 Å². The quantitative estimate of drug-likeness (QED) is 0.793. The van der Waals surface area contributed by atoms with Gasteiger partial charge in [0.2, 0.25) is 21.5 Å². The van der Waals surface area contributed by atoms with Crippen molar-refractivity contribution in [2.45, 2.75) is 0 Å². The van der Waals surface area contributed by atoms with Gasteiger partial charge in [-0.05, 0) is 12.1 Å². The third kappa shape index (κ3) is 2.64. The zero-order chi connectivity index (χ0) is 14.9. The van der Waals surface area contributed by atoms with Gasteiger partial charge in [-0.15, -0.1) is 0 Å². The SMILES string of the molecule is COc1ccccc1-c1oc(NS(C)(=O)=O)c(O)c1O. The number of nitrogens with one attached hydrogen (secondary N) is 1. The summed E-state index contributed by atoms with van der Waals surface area (Å²) in [5, 5.41) is 19.5. The number of methoxy groups -OCH3 is 1. The minimum Gasteiger partial charge on any atom is -0.502 e. The van der Waals surface area contributed by atoms with Crippen LogP contribution in [0.3, 0.4) is 0 Å². The molecule has 0 spiro atoms. The fraction of sp³-hybridized carbons (Fsp3) is 0.167. The summed E-state index contributed by atoms with van der Waals surface area (Å²) in [6, 6.07) is 6.64. The van der Waals surface area contributed by atoms with E-state index in [2.05, 4.69) is 0 Å². The Balaban J connectivity index is 2.56. The molecule has 1 aromatic heterocycles. The van der Waals surface area contributed by atoms with Crippen LogP contribution in [-0.2, 0) is 10.0 Å². The number of anilines is 1. The van der Waals surface area contributed by atoms with Crippen LogP contribution < -0.4 is 9.46 Å². The molecule has 108 valence electrons. The minimum absolute atomic E-state index is 0.0916. The molecule has 0 bridgehead atoms. The number of benzene rings is 1. The second-order valence-electron chi connectivity index (χ2n) is 4.03. The number of rotatable bonds is 4. The first-order valence-electron chi connectivity index (χ1n) is 5.49. The van der Waals surface area contributed by atoms with Gasteiger partial charge < -0.3 is 19.4 Å². The third-order valence-electron chi connectivity index (χ3n) is 2.49. The van der Waals surface area contributed by atoms with Crippen molar-refractivity contribution >= 4 is 15.9 Å². The molecule has 1 heterocycles. The summed E-state index contributed by atoms with van der Waals surface area (Å²) in [5.41, 5.74) is 0.379. The van der Waals surface area contributed by atoms with Gasteiger partial charge >= 0.3 is 0 Å². The molecule has 7 nitrogen and oxygen atoms in total. The Labute approximate surface area is 115 Å². The van der Waals surface area contributed by atoms with Crippen molar-refractivity contribution in [2.24, 2.45) is 0 Å². The Bertz CT molecular complexity index is 734. The predicted octanol–water partition coefficient (Wildman–Crippen LogP) is 1.74. The molecule has 0 unspecified atom stereocenters. The monoisotopic (exact) mass is 299 g/mol. The zero-order valence-corrected chi connectivity index (χ0v) is 11.6. The molecule has 2 aromatic rings. The molecule has 1 aromatic carbocycles. The lowest BCUT2D eigenvalue weighted by molar-refractivity contribution is 0.407. The molecule has 0 aliphatic heterocycles. The Kier molecular flexibility index (Phi) is 3.49. The van der Waals surface area contributed by atoms with Crippen molar-refractivity contribution in [3.63, 3.8) is 0 Å². The summed E-state index contributed by atoms with van der Waals surface area (Å²) in [6.45, 7) is 0. The summed E-state index contributed by atoms with van der Waals surface area (Å²) in [5.74, 6) is -1.39. The van der Waals surface area contributed by atoms with Crippen LogP contribution in [0.25, 0.3) is 11.3 Å². The lowest BCUT2D eigenvalue weighted by Gasteiger charge is -2.05. The van der Waals surface area contributed by atoms with Crippen molar-refractivity contribution in [2.75, 3.05) is 18.1 Å². The second kappa shape index (κ2) is 4.97. The van der Waals surface area contributed by atoms with Crippen LogP contribution in [0.4, 0.5) is 5.88 Å². The van der Waals surface area contributed by atoms with E-state index in [1.54, 1.807) is 24.3 Å². The minimum atomic E-state index is -3.65. The lowest BCUT2D eigenvalue weighted by atomic mass is 10.1. The number of hydrogen-bond acceptors (Lipinski definition) is 6. The van der Waals surface area contributed by atoms with Crippen LogP contribution in [0, 0.1) is 0 Å². The fourth-order valence-corrected chi connectivity index (χ4v) is 2.14. The van der Waals surface area contributed by atoms with Crippen LogP contribution in [0.2, 0.25) is 0 Å². The predicted molar refractivity (Wildman–Crippen MR) is 72.5 cm³/mol. The van der Waals surface area contributed by atoms with Crippen LogP contribution in [0.15, 0.2) is 28.7 Å². The van der Waals surface area contributed by atoms with Crippen LogP contribution in [-0.4, -0.2) is 32.0 Å². The third-order valence-corrected chi connectivity index (χ3v) is 3.04. The van der Waals surface area contributed by atoms with Gasteiger partial charge in [0.15, 0.2) is 5.76 Å². The summed E-state index contributed by atoms with van der Waals surface area (Å²) < 4.78 is 34.6. The van der Waals surface area contributed by atoms with Crippen molar-refractivity contribution in [3.05, 3.63) is 24.3 Å². The second-order valence-corrected chi connectivity index (χ2v) is 5.78. The molecule has 0 radical (unpaired) electrons. The van der Waals surface area contributed by atoms with Gasteiger partial charge in [-0.25, -0.2) is 8.42 Å². The zero-order valence-electron chi connectivity index (χ0n) is 10.7. The highest BCUT2D eigenvalue weighted by Crippen LogP contribution is 2.47. The van der Waals surface area contributed by atoms with Gasteiger partial charge in [0.1, 0.15) is 5.75 Å². The van der Waals surface area contributed by atoms with E-state index in [0.717, 1.165) is 6.26 Å². The fourth-order valence-electron chi connectivity index (χ4n) is 1.67. The number of ether oxygens (including phenoxy) is 1. The molecule has 0 amide bonds. The first-order valence-corrected chi connectivity index (χ1v) is 7.38. The molecule has 2 rings (SSSR count). The highest BCUT2D eigenvalue weighted by Gasteiger charge is 2.24. The van der Waals surface area contributed by atoms with E-state index < -0.39 is 27.4 Å². The summed E-state index contributed by atoms with van der Waals surface area (Å²) in [6.07, 6.45) is 0.898. The van der Waals surface area contributed by atoms with Crippen molar-refractivity contribution in [3.8, 4) is 28.6 Å². The van der Waals surface area contributed by atoms with E-state index in [1.165, 1.54) is 7.11 Å². The van der Waals surface area contributed by atoms with Gasteiger partial charge in [0, 0.05) is 0 Å². The molecule has 3 N–H and O–H groups in total. The van der Waals surface area contributed by atoms with E-state index >= 15 is 0 Å². The number of hydrogen-bond donors (Lipinski definition) is 3. The van der Waals surface area contributed by atoms with E-state index in [4.69, 9.17) is 9.15 Å². The molecular formula is C12H13NO6S. The maximum absolute atomic E-state index is 11.1. The standard InChI is InChI=1S/C12H13NO6S/c1-18-8-6-4-3-5-7(8)11-9(14)10(15)12(19-11)13-20(2,16)17/h3-6,13-15H,1-2H3. The van der Waals surface area contributed by atoms with Gasteiger partial charge in [-0.2, -0.15) is 0 Å². The number of furan rings is 1. The number of para-hydroxylation sites is 1. The molecule has 0 saturated carbocycles. The molecule has 0 aliphatic carbocycles. The van der Waals surface area contributed by atoms with Crippen LogP contribution in [0.1, 0.15) is 0 Å². The maximum Gasteiger partial charge on any atom is 0.253 e. The molecule has 0 aliphatic rings. The Hall–Kier alpha value is -2.35. The van der Waals surface area contributed by atoms with E-state index in [0.29, 0.717) is 11.3 Å².